The molecule has 0 aromatic heterocycles. The predicted molar refractivity (Wildman–Crippen MR) is 52.6 cm³/mol. The van der Waals surface area contributed by atoms with Crippen LogP contribution in [0, 0.1) is 0 Å². The molecule has 1 fully saturated rings. The number of nitrogens with one attached hydrogen (secondary N) is 2. The summed E-state index contributed by atoms with van der Waals surface area (Å²) >= 11 is 0. The molecule has 4 nitrogen and oxygen atoms in total. The Balaban J connectivity index is 2.09. The fraction of sp³-hybridized carbons (Fsp3) is 0.889. The maximum absolute atomic E-state index is 11.3. The molecule has 0 unspecified atom stereocenters. The van der Waals surface area contributed by atoms with Gasteiger partial charge in [0.2, 0.25) is 5.91 Å². The monoisotopic (exact) mass is 185 g/mol. The Hall–Kier alpha value is -0.610. The van der Waals surface area contributed by atoms with E-state index in [-0.39, 0.29) is 5.91 Å². The van der Waals surface area contributed by atoms with Crippen LogP contribution in [-0.4, -0.2) is 50.6 Å². The van der Waals surface area contributed by atoms with Gasteiger partial charge in [0.1, 0.15) is 0 Å². The summed E-state index contributed by atoms with van der Waals surface area (Å²) < 4.78 is 0. The highest BCUT2D eigenvalue weighted by Crippen LogP contribution is 1.97. The summed E-state index contributed by atoms with van der Waals surface area (Å²) in [6.45, 7) is 2.78. The van der Waals surface area contributed by atoms with Gasteiger partial charge in [-0.1, -0.05) is 0 Å². The van der Waals surface area contributed by atoms with E-state index in [0.717, 1.165) is 26.1 Å². The van der Waals surface area contributed by atoms with Gasteiger partial charge in [-0.2, -0.15) is 0 Å². The zero-order valence-corrected chi connectivity index (χ0v) is 8.47. The molecule has 4 heteroatoms. The van der Waals surface area contributed by atoms with Crippen LogP contribution in [0.1, 0.15) is 12.8 Å². The largest absolute Gasteiger partial charge is 0.352 e. The molecule has 1 amide bonds. The van der Waals surface area contributed by atoms with Gasteiger partial charge in [0.25, 0.3) is 0 Å². The minimum atomic E-state index is 0.169. The van der Waals surface area contributed by atoms with Gasteiger partial charge in [-0.15, -0.1) is 0 Å². The second-order valence-corrected chi connectivity index (χ2v) is 3.81. The molecule has 1 saturated heterocycles. The molecule has 0 saturated carbocycles. The van der Waals surface area contributed by atoms with Gasteiger partial charge in [0.15, 0.2) is 0 Å². The Kier molecular flexibility index (Phi) is 4.18. The van der Waals surface area contributed by atoms with Crippen molar-refractivity contribution in [2.75, 3.05) is 33.7 Å². The Bertz CT molecular complexity index is 164. The summed E-state index contributed by atoms with van der Waals surface area (Å²) in [5.41, 5.74) is 0. The van der Waals surface area contributed by atoms with Crippen molar-refractivity contribution in [3.8, 4) is 0 Å². The third-order valence-corrected chi connectivity index (χ3v) is 2.21. The standard InChI is InChI=1S/C9H19N3O/c1-12(2)6-4-9(13)11-8-3-5-10-7-8/h8,10H,3-7H2,1-2H3,(H,11,13)/t8-/m0/s1. The van der Waals surface area contributed by atoms with E-state index in [2.05, 4.69) is 10.6 Å². The van der Waals surface area contributed by atoms with E-state index >= 15 is 0 Å². The topological polar surface area (TPSA) is 44.4 Å². The van der Waals surface area contributed by atoms with Gasteiger partial charge in [0, 0.05) is 25.6 Å². The first-order valence-corrected chi connectivity index (χ1v) is 4.83. The Morgan fingerprint density at radius 2 is 2.38 bits per heavy atom. The quantitative estimate of drug-likeness (QED) is 0.615. The molecule has 1 rings (SSSR count). The van der Waals surface area contributed by atoms with E-state index in [9.17, 15) is 4.79 Å². The molecule has 1 aliphatic rings. The minimum Gasteiger partial charge on any atom is -0.352 e. The first-order valence-electron chi connectivity index (χ1n) is 4.83. The average Bonchev–Trinajstić information content (AvgIpc) is 2.53. The van der Waals surface area contributed by atoms with Crippen molar-refractivity contribution in [3.63, 3.8) is 0 Å². The van der Waals surface area contributed by atoms with Crippen molar-refractivity contribution in [2.45, 2.75) is 18.9 Å². The fourth-order valence-electron chi connectivity index (χ4n) is 1.40. The summed E-state index contributed by atoms with van der Waals surface area (Å²) in [6.07, 6.45) is 1.66. The third-order valence-electron chi connectivity index (χ3n) is 2.21. The summed E-state index contributed by atoms with van der Waals surface area (Å²) in [7, 11) is 3.95. The normalized spacial score (nSPS) is 22.2. The third kappa shape index (κ3) is 4.24. The number of hydrogen-bond acceptors (Lipinski definition) is 3. The van der Waals surface area contributed by atoms with E-state index < -0.39 is 0 Å². The van der Waals surface area contributed by atoms with Gasteiger partial charge < -0.3 is 15.5 Å². The molecule has 1 aliphatic heterocycles. The van der Waals surface area contributed by atoms with Crippen LogP contribution >= 0.6 is 0 Å². The van der Waals surface area contributed by atoms with Gasteiger partial charge in [-0.05, 0) is 27.1 Å². The maximum atomic E-state index is 11.3. The van der Waals surface area contributed by atoms with Crippen molar-refractivity contribution in [1.29, 1.82) is 0 Å². The van der Waals surface area contributed by atoms with Crippen molar-refractivity contribution < 1.29 is 4.79 Å². The van der Waals surface area contributed by atoms with Gasteiger partial charge in [-0.25, -0.2) is 0 Å². The molecular formula is C9H19N3O. The van der Waals surface area contributed by atoms with Crippen molar-refractivity contribution in [1.82, 2.24) is 15.5 Å². The smallest absolute Gasteiger partial charge is 0.221 e. The maximum Gasteiger partial charge on any atom is 0.221 e. The lowest BCUT2D eigenvalue weighted by atomic mass is 10.2. The van der Waals surface area contributed by atoms with Crippen molar-refractivity contribution >= 4 is 5.91 Å². The zero-order valence-electron chi connectivity index (χ0n) is 8.47. The number of nitrogens with zero attached hydrogens (tertiary/aromatic N) is 1. The Labute approximate surface area is 79.7 Å². The van der Waals surface area contributed by atoms with Crippen LogP contribution in [0.4, 0.5) is 0 Å². The minimum absolute atomic E-state index is 0.169. The fourth-order valence-corrected chi connectivity index (χ4v) is 1.40. The number of rotatable bonds is 4. The predicted octanol–water partition coefficient (Wildman–Crippen LogP) is -0.584. The summed E-state index contributed by atoms with van der Waals surface area (Å²) in [5, 5.41) is 6.22. The highest BCUT2D eigenvalue weighted by molar-refractivity contribution is 5.76. The molecule has 0 aliphatic carbocycles. The lowest BCUT2D eigenvalue weighted by Gasteiger charge is -2.13. The lowest BCUT2D eigenvalue weighted by molar-refractivity contribution is -0.121. The zero-order chi connectivity index (χ0) is 9.68. The van der Waals surface area contributed by atoms with Gasteiger partial charge in [-0.3, -0.25) is 4.79 Å². The molecule has 76 valence electrons. The van der Waals surface area contributed by atoms with Crippen LogP contribution in [0.25, 0.3) is 0 Å². The van der Waals surface area contributed by atoms with Crippen LogP contribution in [-0.2, 0) is 4.79 Å². The molecule has 0 aromatic rings. The van der Waals surface area contributed by atoms with Crippen LogP contribution in [0.3, 0.4) is 0 Å². The van der Waals surface area contributed by atoms with E-state index in [1.807, 2.05) is 19.0 Å². The molecule has 1 atom stereocenters. The summed E-state index contributed by atoms with van der Waals surface area (Å²) in [5.74, 6) is 0.169. The molecule has 13 heavy (non-hydrogen) atoms. The van der Waals surface area contributed by atoms with Crippen LogP contribution in [0.15, 0.2) is 0 Å². The van der Waals surface area contributed by atoms with Gasteiger partial charge >= 0.3 is 0 Å². The first-order chi connectivity index (χ1) is 6.18. The molecule has 2 N–H and O–H groups in total. The van der Waals surface area contributed by atoms with Crippen molar-refractivity contribution in [3.05, 3.63) is 0 Å². The van der Waals surface area contributed by atoms with E-state index in [1.54, 1.807) is 0 Å². The molecule has 0 bridgehead atoms. The molecule has 0 spiro atoms. The van der Waals surface area contributed by atoms with Gasteiger partial charge in [0.05, 0.1) is 0 Å². The molecular weight excluding hydrogens is 166 g/mol. The van der Waals surface area contributed by atoms with E-state index in [0.29, 0.717) is 12.5 Å². The summed E-state index contributed by atoms with van der Waals surface area (Å²) in [4.78, 5) is 13.4. The molecule has 0 radical (unpaired) electrons. The van der Waals surface area contributed by atoms with Crippen molar-refractivity contribution in [2.24, 2.45) is 0 Å². The number of hydrogen-bond donors (Lipinski definition) is 2. The second kappa shape index (κ2) is 5.19. The highest BCUT2D eigenvalue weighted by atomic mass is 16.1. The van der Waals surface area contributed by atoms with E-state index in [1.165, 1.54) is 0 Å². The molecule has 1 heterocycles. The molecule has 0 aromatic carbocycles. The Morgan fingerprint density at radius 3 is 2.92 bits per heavy atom. The van der Waals surface area contributed by atoms with Crippen LogP contribution in [0.2, 0.25) is 0 Å². The summed E-state index contributed by atoms with van der Waals surface area (Å²) in [6, 6.07) is 0.356. The SMILES string of the molecule is CN(C)CCC(=O)N[C@H]1CCNC1. The van der Waals surface area contributed by atoms with E-state index in [4.69, 9.17) is 0 Å². The highest BCUT2D eigenvalue weighted by Gasteiger charge is 2.15. The number of amides is 1. The number of carbonyl (C=O) groups is 1. The average molecular weight is 185 g/mol. The van der Waals surface area contributed by atoms with Crippen LogP contribution in [0.5, 0.6) is 0 Å². The van der Waals surface area contributed by atoms with Crippen LogP contribution < -0.4 is 10.6 Å². The second-order valence-electron chi connectivity index (χ2n) is 3.81. The Morgan fingerprint density at radius 1 is 1.62 bits per heavy atom. The number of carbonyl (C=O) groups excluding carboxylic acids is 1. The lowest BCUT2D eigenvalue weighted by Crippen LogP contribution is -2.37. The first kappa shape index (κ1) is 10.5.